The van der Waals surface area contributed by atoms with Crippen LogP contribution in [0.25, 0.3) is 0 Å². The monoisotopic (exact) mass is 298 g/mol. The highest BCUT2D eigenvalue weighted by molar-refractivity contribution is 5.94. The van der Waals surface area contributed by atoms with Crippen LogP contribution < -0.4 is 10.6 Å². The van der Waals surface area contributed by atoms with Crippen molar-refractivity contribution < 1.29 is 9.18 Å². The summed E-state index contributed by atoms with van der Waals surface area (Å²) in [6.45, 7) is 5.24. The molecular weight excluding hydrogens is 279 g/mol. The Kier molecular flexibility index (Phi) is 3.94. The van der Waals surface area contributed by atoms with Gasteiger partial charge in [-0.1, -0.05) is 18.2 Å². The summed E-state index contributed by atoms with van der Waals surface area (Å²) in [6, 6.07) is 10.6. The topological polar surface area (TPSA) is 41.1 Å². The standard InChI is InChI=1S/C18H19FN2O/c1-11-3-4-13(8-17(11)19)12(2)21-18(22)14-5-6-15-9-20-10-16(15)7-14/h3-8,12,20H,9-10H2,1-2H3,(H,21,22). The summed E-state index contributed by atoms with van der Waals surface area (Å²) >= 11 is 0. The first-order valence-corrected chi connectivity index (χ1v) is 7.44. The zero-order chi connectivity index (χ0) is 15.7. The van der Waals surface area contributed by atoms with Crippen molar-refractivity contribution in [2.45, 2.75) is 33.0 Å². The molecular formula is C18H19FN2O. The molecule has 1 amide bonds. The second-order valence-corrected chi connectivity index (χ2v) is 5.79. The fraction of sp³-hybridized carbons (Fsp3) is 0.278. The highest BCUT2D eigenvalue weighted by Gasteiger charge is 2.16. The first-order chi connectivity index (χ1) is 10.5. The summed E-state index contributed by atoms with van der Waals surface area (Å²) in [7, 11) is 0. The summed E-state index contributed by atoms with van der Waals surface area (Å²) in [4.78, 5) is 12.4. The molecule has 4 heteroatoms. The highest BCUT2D eigenvalue weighted by atomic mass is 19.1. The molecule has 0 aromatic heterocycles. The van der Waals surface area contributed by atoms with Crippen LogP contribution >= 0.6 is 0 Å². The predicted octanol–water partition coefficient (Wildman–Crippen LogP) is 3.23. The number of benzene rings is 2. The number of fused-ring (bicyclic) bond motifs is 1. The van der Waals surface area contributed by atoms with E-state index in [4.69, 9.17) is 0 Å². The first kappa shape index (κ1) is 14.7. The van der Waals surface area contributed by atoms with Gasteiger partial charge in [0, 0.05) is 18.7 Å². The van der Waals surface area contributed by atoms with Crippen molar-refractivity contribution in [1.82, 2.24) is 10.6 Å². The normalized spacial score (nSPS) is 14.5. The third-order valence-corrected chi connectivity index (χ3v) is 4.14. The van der Waals surface area contributed by atoms with Gasteiger partial charge in [-0.25, -0.2) is 4.39 Å². The molecule has 0 radical (unpaired) electrons. The van der Waals surface area contributed by atoms with Crippen LogP contribution in [-0.4, -0.2) is 5.91 Å². The summed E-state index contributed by atoms with van der Waals surface area (Å²) < 4.78 is 13.6. The van der Waals surface area contributed by atoms with Crippen molar-refractivity contribution >= 4 is 5.91 Å². The van der Waals surface area contributed by atoms with Gasteiger partial charge in [0.25, 0.3) is 5.91 Å². The Bertz CT molecular complexity index is 727. The lowest BCUT2D eigenvalue weighted by molar-refractivity contribution is 0.0939. The van der Waals surface area contributed by atoms with Crippen LogP contribution in [0.4, 0.5) is 4.39 Å². The average Bonchev–Trinajstić information content (AvgIpc) is 2.97. The maximum Gasteiger partial charge on any atom is 0.251 e. The van der Waals surface area contributed by atoms with Gasteiger partial charge in [0.1, 0.15) is 5.82 Å². The minimum absolute atomic E-state index is 0.136. The molecule has 0 spiro atoms. The molecule has 0 fully saturated rings. The van der Waals surface area contributed by atoms with Crippen LogP contribution in [0.15, 0.2) is 36.4 Å². The van der Waals surface area contributed by atoms with Crippen molar-refractivity contribution in [1.29, 1.82) is 0 Å². The Morgan fingerprint density at radius 3 is 2.73 bits per heavy atom. The fourth-order valence-electron chi connectivity index (χ4n) is 2.68. The molecule has 114 valence electrons. The van der Waals surface area contributed by atoms with Gasteiger partial charge in [-0.05, 0) is 54.3 Å². The van der Waals surface area contributed by atoms with Crippen molar-refractivity contribution in [2.75, 3.05) is 0 Å². The first-order valence-electron chi connectivity index (χ1n) is 7.44. The minimum Gasteiger partial charge on any atom is -0.346 e. The molecule has 0 saturated heterocycles. The van der Waals surface area contributed by atoms with E-state index in [-0.39, 0.29) is 17.8 Å². The lowest BCUT2D eigenvalue weighted by Gasteiger charge is -2.15. The Hall–Kier alpha value is -2.20. The number of nitrogens with one attached hydrogen (secondary N) is 2. The predicted molar refractivity (Wildman–Crippen MR) is 84.0 cm³/mol. The molecule has 2 aromatic rings. The molecule has 3 nitrogen and oxygen atoms in total. The van der Waals surface area contributed by atoms with Gasteiger partial charge in [0.05, 0.1) is 6.04 Å². The molecule has 0 bridgehead atoms. The van der Waals surface area contributed by atoms with Gasteiger partial charge in [-0.2, -0.15) is 0 Å². The lowest BCUT2D eigenvalue weighted by Crippen LogP contribution is -2.26. The second-order valence-electron chi connectivity index (χ2n) is 5.79. The second kappa shape index (κ2) is 5.89. The third kappa shape index (κ3) is 2.88. The largest absolute Gasteiger partial charge is 0.346 e. The Labute approximate surface area is 129 Å². The molecule has 1 atom stereocenters. The zero-order valence-corrected chi connectivity index (χ0v) is 12.7. The number of carbonyl (C=O) groups excluding carboxylic acids is 1. The van der Waals surface area contributed by atoms with Gasteiger partial charge < -0.3 is 10.6 Å². The molecule has 0 saturated carbocycles. The van der Waals surface area contributed by atoms with Crippen LogP contribution in [0.2, 0.25) is 0 Å². The third-order valence-electron chi connectivity index (χ3n) is 4.14. The molecule has 22 heavy (non-hydrogen) atoms. The lowest BCUT2D eigenvalue weighted by atomic mass is 10.0. The molecule has 1 unspecified atom stereocenters. The van der Waals surface area contributed by atoms with E-state index in [9.17, 15) is 9.18 Å². The molecule has 2 N–H and O–H groups in total. The number of aryl methyl sites for hydroxylation is 1. The summed E-state index contributed by atoms with van der Waals surface area (Å²) in [6.07, 6.45) is 0. The Morgan fingerprint density at radius 2 is 1.95 bits per heavy atom. The number of hydrogen-bond donors (Lipinski definition) is 2. The summed E-state index contributed by atoms with van der Waals surface area (Å²) in [5.74, 6) is -0.384. The maximum atomic E-state index is 13.6. The number of rotatable bonds is 3. The molecule has 1 aliphatic rings. The summed E-state index contributed by atoms with van der Waals surface area (Å²) in [5.41, 5.74) is 4.42. The number of carbonyl (C=O) groups is 1. The van der Waals surface area contributed by atoms with Crippen molar-refractivity contribution in [3.05, 3.63) is 70.0 Å². The van der Waals surface area contributed by atoms with E-state index in [2.05, 4.69) is 10.6 Å². The van der Waals surface area contributed by atoms with E-state index >= 15 is 0 Å². The van der Waals surface area contributed by atoms with E-state index < -0.39 is 0 Å². The summed E-state index contributed by atoms with van der Waals surface area (Å²) in [5, 5.41) is 6.18. The van der Waals surface area contributed by atoms with Gasteiger partial charge in [-0.15, -0.1) is 0 Å². The van der Waals surface area contributed by atoms with Crippen LogP contribution in [-0.2, 0) is 13.1 Å². The van der Waals surface area contributed by atoms with Crippen molar-refractivity contribution in [3.8, 4) is 0 Å². The smallest absolute Gasteiger partial charge is 0.251 e. The van der Waals surface area contributed by atoms with Crippen LogP contribution in [0.5, 0.6) is 0 Å². The molecule has 0 aliphatic carbocycles. The van der Waals surface area contributed by atoms with Gasteiger partial charge >= 0.3 is 0 Å². The zero-order valence-electron chi connectivity index (χ0n) is 12.7. The van der Waals surface area contributed by atoms with E-state index in [0.29, 0.717) is 11.1 Å². The van der Waals surface area contributed by atoms with Crippen LogP contribution in [0, 0.1) is 12.7 Å². The Balaban J connectivity index is 1.74. The quantitative estimate of drug-likeness (QED) is 0.913. The molecule has 1 heterocycles. The van der Waals surface area contributed by atoms with Gasteiger partial charge in [0.2, 0.25) is 0 Å². The van der Waals surface area contributed by atoms with E-state index in [1.54, 1.807) is 13.0 Å². The maximum absolute atomic E-state index is 13.6. The van der Waals surface area contributed by atoms with Crippen LogP contribution in [0.1, 0.15) is 45.6 Å². The fourth-order valence-corrected chi connectivity index (χ4v) is 2.68. The van der Waals surface area contributed by atoms with Gasteiger partial charge in [-0.3, -0.25) is 4.79 Å². The Morgan fingerprint density at radius 1 is 1.18 bits per heavy atom. The van der Waals surface area contributed by atoms with E-state index in [1.807, 2.05) is 31.2 Å². The van der Waals surface area contributed by atoms with Gasteiger partial charge in [0.15, 0.2) is 0 Å². The molecule has 2 aromatic carbocycles. The number of hydrogen-bond acceptors (Lipinski definition) is 2. The molecule has 1 aliphatic heterocycles. The van der Waals surface area contributed by atoms with Crippen molar-refractivity contribution in [3.63, 3.8) is 0 Å². The average molecular weight is 298 g/mol. The van der Waals surface area contributed by atoms with E-state index in [0.717, 1.165) is 18.7 Å². The minimum atomic E-state index is -0.248. The van der Waals surface area contributed by atoms with E-state index in [1.165, 1.54) is 17.2 Å². The number of halogens is 1. The molecule has 3 rings (SSSR count). The van der Waals surface area contributed by atoms with Crippen molar-refractivity contribution in [2.24, 2.45) is 0 Å². The van der Waals surface area contributed by atoms with Crippen LogP contribution in [0.3, 0.4) is 0 Å². The highest BCUT2D eigenvalue weighted by Crippen LogP contribution is 2.19. The SMILES string of the molecule is Cc1ccc(C(C)NC(=O)c2ccc3c(c2)CNC3)cc1F. The number of amides is 1.